The summed E-state index contributed by atoms with van der Waals surface area (Å²) in [5.41, 5.74) is 3.54. The maximum absolute atomic E-state index is 9.37. The molecule has 1 saturated heterocycles. The Bertz CT molecular complexity index is 987. The van der Waals surface area contributed by atoms with Gasteiger partial charge in [-0.1, -0.05) is 25.1 Å². The van der Waals surface area contributed by atoms with Crippen molar-refractivity contribution < 1.29 is 0 Å². The normalized spacial score (nSPS) is 14.0. The first-order valence-corrected chi connectivity index (χ1v) is 9.57. The predicted molar refractivity (Wildman–Crippen MR) is 110 cm³/mol. The Kier molecular flexibility index (Phi) is 5.16. The van der Waals surface area contributed by atoms with Gasteiger partial charge in [-0.15, -0.1) is 0 Å². The van der Waals surface area contributed by atoms with Gasteiger partial charge in [-0.25, -0.2) is 9.97 Å². The van der Waals surface area contributed by atoms with E-state index in [4.69, 9.17) is 4.98 Å². The fraction of sp³-hybridized carbons (Fsp3) is 0.273. The maximum atomic E-state index is 9.37. The smallest absolute Gasteiger partial charge is 0.180 e. The van der Waals surface area contributed by atoms with Gasteiger partial charge in [0, 0.05) is 44.1 Å². The Morgan fingerprint density at radius 3 is 2.43 bits per heavy atom. The number of benzene rings is 1. The van der Waals surface area contributed by atoms with Crippen molar-refractivity contribution in [3.05, 3.63) is 66.0 Å². The topological polar surface area (TPSA) is 68.9 Å². The molecule has 1 aromatic carbocycles. The van der Waals surface area contributed by atoms with Gasteiger partial charge in [0.05, 0.1) is 11.3 Å². The van der Waals surface area contributed by atoms with Gasteiger partial charge in [0.2, 0.25) is 0 Å². The summed E-state index contributed by atoms with van der Waals surface area (Å²) in [5, 5.41) is 9.37. The van der Waals surface area contributed by atoms with Gasteiger partial charge in [-0.3, -0.25) is 4.98 Å². The fourth-order valence-corrected chi connectivity index (χ4v) is 3.46. The first kappa shape index (κ1) is 17.9. The fourth-order valence-electron chi connectivity index (χ4n) is 3.46. The molecule has 0 N–H and O–H groups in total. The SMILES string of the molecule is CCc1cc(N2CCN(c3ccccc3C#N)CC2)nc(-c2ccccn2)n1. The van der Waals surface area contributed by atoms with Gasteiger partial charge in [-0.05, 0) is 30.7 Å². The monoisotopic (exact) mass is 370 g/mol. The summed E-state index contributed by atoms with van der Waals surface area (Å²) in [6, 6.07) is 17.9. The van der Waals surface area contributed by atoms with Crippen LogP contribution in [-0.2, 0) is 6.42 Å². The van der Waals surface area contributed by atoms with Crippen molar-refractivity contribution in [2.45, 2.75) is 13.3 Å². The third kappa shape index (κ3) is 3.65. The van der Waals surface area contributed by atoms with Gasteiger partial charge < -0.3 is 9.80 Å². The van der Waals surface area contributed by atoms with E-state index in [0.29, 0.717) is 5.82 Å². The summed E-state index contributed by atoms with van der Waals surface area (Å²) < 4.78 is 0. The summed E-state index contributed by atoms with van der Waals surface area (Å²) in [4.78, 5) is 18.4. The van der Waals surface area contributed by atoms with Crippen LogP contribution in [0.5, 0.6) is 0 Å². The number of nitrogens with zero attached hydrogens (tertiary/aromatic N) is 6. The average molecular weight is 370 g/mol. The van der Waals surface area contributed by atoms with Crippen molar-refractivity contribution in [1.29, 1.82) is 5.26 Å². The number of aromatic nitrogens is 3. The summed E-state index contributed by atoms with van der Waals surface area (Å²) in [5.74, 6) is 1.62. The van der Waals surface area contributed by atoms with Crippen LogP contribution in [0.1, 0.15) is 18.2 Å². The van der Waals surface area contributed by atoms with Crippen LogP contribution in [0.4, 0.5) is 11.5 Å². The lowest BCUT2D eigenvalue weighted by atomic mass is 10.1. The van der Waals surface area contributed by atoms with Gasteiger partial charge >= 0.3 is 0 Å². The molecule has 6 heteroatoms. The molecule has 4 rings (SSSR count). The number of pyridine rings is 1. The maximum Gasteiger partial charge on any atom is 0.180 e. The van der Waals surface area contributed by atoms with E-state index < -0.39 is 0 Å². The summed E-state index contributed by atoms with van der Waals surface area (Å²) in [7, 11) is 0. The van der Waals surface area contributed by atoms with Crippen molar-refractivity contribution in [2.75, 3.05) is 36.0 Å². The highest BCUT2D eigenvalue weighted by Crippen LogP contribution is 2.24. The lowest BCUT2D eigenvalue weighted by Crippen LogP contribution is -2.47. The van der Waals surface area contributed by atoms with Gasteiger partial charge in [0.1, 0.15) is 17.6 Å². The number of hydrogen-bond donors (Lipinski definition) is 0. The van der Waals surface area contributed by atoms with E-state index >= 15 is 0 Å². The van der Waals surface area contributed by atoms with E-state index in [9.17, 15) is 5.26 Å². The molecule has 1 aliphatic heterocycles. The second-order valence-corrected chi connectivity index (χ2v) is 6.71. The van der Waals surface area contributed by atoms with E-state index in [0.717, 1.165) is 61.1 Å². The molecule has 0 aliphatic carbocycles. The number of rotatable bonds is 4. The molecule has 0 unspecified atom stereocenters. The first-order chi connectivity index (χ1) is 13.8. The van der Waals surface area contributed by atoms with E-state index in [1.54, 1.807) is 6.20 Å². The minimum atomic E-state index is 0.673. The van der Waals surface area contributed by atoms with Crippen LogP contribution < -0.4 is 9.80 Å². The largest absolute Gasteiger partial charge is 0.367 e. The molecule has 0 amide bonds. The minimum Gasteiger partial charge on any atom is -0.367 e. The molecule has 1 aliphatic rings. The minimum absolute atomic E-state index is 0.673. The number of piperazine rings is 1. The second-order valence-electron chi connectivity index (χ2n) is 6.71. The second kappa shape index (κ2) is 8.05. The summed E-state index contributed by atoms with van der Waals surface area (Å²) >= 11 is 0. The number of anilines is 2. The van der Waals surface area contributed by atoms with E-state index in [-0.39, 0.29) is 0 Å². The van der Waals surface area contributed by atoms with Crippen LogP contribution in [0.15, 0.2) is 54.7 Å². The molecule has 2 aromatic heterocycles. The highest BCUT2D eigenvalue weighted by Gasteiger charge is 2.21. The van der Waals surface area contributed by atoms with Gasteiger partial charge in [-0.2, -0.15) is 5.26 Å². The molecule has 3 aromatic rings. The standard InChI is InChI=1S/C22H22N6/c1-2-18-15-21(26-22(25-18)19-8-5-6-10-24-19)28-13-11-27(12-14-28)20-9-4-3-7-17(20)16-23/h3-10,15H,2,11-14H2,1H3. The number of aryl methyl sites for hydroxylation is 1. The molecule has 0 spiro atoms. The van der Waals surface area contributed by atoms with Crippen LogP contribution in [0.2, 0.25) is 0 Å². The summed E-state index contributed by atoms with van der Waals surface area (Å²) in [6.07, 6.45) is 2.62. The van der Waals surface area contributed by atoms with Crippen LogP contribution >= 0.6 is 0 Å². The summed E-state index contributed by atoms with van der Waals surface area (Å²) in [6.45, 7) is 5.50. The Hall–Kier alpha value is -3.46. The number of para-hydroxylation sites is 1. The van der Waals surface area contributed by atoms with E-state index in [1.165, 1.54) is 0 Å². The Labute approximate surface area is 165 Å². The number of nitriles is 1. The van der Waals surface area contributed by atoms with Crippen molar-refractivity contribution in [2.24, 2.45) is 0 Å². The molecule has 0 bridgehead atoms. The Balaban J connectivity index is 1.55. The van der Waals surface area contributed by atoms with E-state index in [1.807, 2.05) is 42.5 Å². The quantitative estimate of drug-likeness (QED) is 0.702. The molecule has 1 fully saturated rings. The third-order valence-corrected chi connectivity index (χ3v) is 4.99. The van der Waals surface area contributed by atoms with Crippen molar-refractivity contribution in [3.63, 3.8) is 0 Å². The highest BCUT2D eigenvalue weighted by atomic mass is 15.3. The lowest BCUT2D eigenvalue weighted by molar-refractivity contribution is 0.646. The highest BCUT2D eigenvalue weighted by molar-refractivity contribution is 5.60. The molecular weight excluding hydrogens is 348 g/mol. The van der Waals surface area contributed by atoms with Crippen molar-refractivity contribution >= 4 is 11.5 Å². The molecule has 28 heavy (non-hydrogen) atoms. The molecule has 6 nitrogen and oxygen atoms in total. The molecule has 0 saturated carbocycles. The van der Waals surface area contributed by atoms with Gasteiger partial charge in [0.15, 0.2) is 5.82 Å². The zero-order valence-electron chi connectivity index (χ0n) is 15.9. The van der Waals surface area contributed by atoms with Crippen LogP contribution in [0.25, 0.3) is 11.5 Å². The molecule has 140 valence electrons. The lowest BCUT2D eigenvalue weighted by Gasteiger charge is -2.37. The average Bonchev–Trinajstić information content (AvgIpc) is 2.79. The zero-order valence-corrected chi connectivity index (χ0v) is 15.9. The van der Waals surface area contributed by atoms with Crippen LogP contribution in [-0.4, -0.2) is 41.1 Å². The van der Waals surface area contributed by atoms with Crippen LogP contribution in [0.3, 0.4) is 0 Å². The van der Waals surface area contributed by atoms with E-state index in [2.05, 4.69) is 38.8 Å². The predicted octanol–water partition coefficient (Wildman–Crippen LogP) is 3.30. The molecule has 0 atom stereocenters. The number of hydrogen-bond acceptors (Lipinski definition) is 6. The molecule has 3 heterocycles. The Morgan fingerprint density at radius 2 is 1.71 bits per heavy atom. The first-order valence-electron chi connectivity index (χ1n) is 9.57. The van der Waals surface area contributed by atoms with Crippen LogP contribution in [0, 0.1) is 11.3 Å². The zero-order chi connectivity index (χ0) is 19.3. The van der Waals surface area contributed by atoms with Gasteiger partial charge in [0.25, 0.3) is 0 Å². The van der Waals surface area contributed by atoms with Crippen molar-refractivity contribution in [3.8, 4) is 17.6 Å². The molecular formula is C22H22N6. The molecule has 0 radical (unpaired) electrons. The third-order valence-electron chi connectivity index (χ3n) is 4.99. The Morgan fingerprint density at radius 1 is 0.964 bits per heavy atom. The van der Waals surface area contributed by atoms with Crippen molar-refractivity contribution in [1.82, 2.24) is 15.0 Å².